The predicted molar refractivity (Wildman–Crippen MR) is 103 cm³/mol. The number of ketones is 1. The number of carbonyl (C=O) groups excluding carboxylic acids is 1. The van der Waals surface area contributed by atoms with E-state index in [2.05, 4.69) is 10.2 Å². The summed E-state index contributed by atoms with van der Waals surface area (Å²) in [5.74, 6) is 1.23. The average Bonchev–Trinajstić information content (AvgIpc) is 3.10. The quantitative estimate of drug-likeness (QED) is 0.420. The largest absolute Gasteiger partial charge is 0.483 e. The minimum absolute atomic E-state index is 0.0826. The highest BCUT2D eigenvalue weighted by Gasteiger charge is 2.19. The Morgan fingerprint density at radius 3 is 2.52 bits per heavy atom. The number of halogens is 1. The highest BCUT2D eigenvalue weighted by atomic mass is 32.2. The molecule has 3 rings (SSSR count). The van der Waals surface area contributed by atoms with Gasteiger partial charge in [-0.1, -0.05) is 30.0 Å². The molecule has 0 aliphatic carbocycles. The van der Waals surface area contributed by atoms with Crippen molar-refractivity contribution in [2.75, 3.05) is 5.75 Å². The van der Waals surface area contributed by atoms with Crippen LogP contribution in [0.1, 0.15) is 36.1 Å². The Hall–Kier alpha value is -2.67. The van der Waals surface area contributed by atoms with E-state index in [0.29, 0.717) is 23.1 Å². The van der Waals surface area contributed by atoms with Crippen LogP contribution in [0, 0.1) is 5.82 Å². The van der Waals surface area contributed by atoms with Crippen LogP contribution in [-0.2, 0) is 6.54 Å². The molecular weight excluding hydrogens is 365 g/mol. The minimum Gasteiger partial charge on any atom is -0.483 e. The molecule has 3 aromatic rings. The lowest BCUT2D eigenvalue weighted by Gasteiger charge is -2.15. The van der Waals surface area contributed by atoms with Crippen LogP contribution in [0.3, 0.4) is 0 Å². The molecule has 5 nitrogen and oxygen atoms in total. The van der Waals surface area contributed by atoms with Gasteiger partial charge in [0.05, 0.1) is 5.75 Å². The number of Topliss-reactive ketones (excluding diaryl/α,β-unsaturated/α-hetero) is 1. The van der Waals surface area contributed by atoms with Gasteiger partial charge in [0.15, 0.2) is 22.9 Å². The van der Waals surface area contributed by atoms with Crippen LogP contribution >= 0.6 is 11.8 Å². The Morgan fingerprint density at radius 2 is 1.85 bits per heavy atom. The first-order chi connectivity index (χ1) is 13.1. The van der Waals surface area contributed by atoms with E-state index < -0.39 is 0 Å². The van der Waals surface area contributed by atoms with Gasteiger partial charge in [0.25, 0.3) is 0 Å². The first-order valence-corrected chi connectivity index (χ1v) is 9.63. The molecule has 0 amide bonds. The summed E-state index contributed by atoms with van der Waals surface area (Å²) in [5, 5.41) is 9.12. The van der Waals surface area contributed by atoms with Crippen LogP contribution in [0.25, 0.3) is 0 Å². The molecule has 0 aliphatic rings. The van der Waals surface area contributed by atoms with Crippen LogP contribution in [-0.4, -0.2) is 26.3 Å². The monoisotopic (exact) mass is 385 g/mol. The topological polar surface area (TPSA) is 57.0 Å². The third kappa shape index (κ3) is 4.74. The average molecular weight is 385 g/mol. The third-order valence-corrected chi connectivity index (χ3v) is 4.95. The number of rotatable bonds is 8. The first kappa shape index (κ1) is 19.1. The molecule has 0 saturated carbocycles. The lowest BCUT2D eigenvalue weighted by molar-refractivity contribution is 0.102. The van der Waals surface area contributed by atoms with Crippen LogP contribution in [0.4, 0.5) is 4.39 Å². The molecule has 0 saturated heterocycles. The second-order valence-electron chi connectivity index (χ2n) is 5.88. The number of ether oxygens (including phenoxy) is 1. The SMILES string of the molecule is CCn1c(SCC(=O)c2ccc(F)cc2)nnc1C(C)Oc1ccccc1. The molecule has 2 aromatic carbocycles. The lowest BCUT2D eigenvalue weighted by Crippen LogP contribution is -2.12. The van der Waals surface area contributed by atoms with Gasteiger partial charge in [-0.3, -0.25) is 4.79 Å². The number of nitrogens with zero attached hydrogens (tertiary/aromatic N) is 3. The molecule has 140 valence electrons. The molecular formula is C20H20FN3O2S. The second-order valence-corrected chi connectivity index (χ2v) is 6.82. The minimum atomic E-state index is -0.359. The van der Waals surface area contributed by atoms with E-state index in [9.17, 15) is 9.18 Å². The molecule has 1 aromatic heterocycles. The van der Waals surface area contributed by atoms with Gasteiger partial charge < -0.3 is 9.30 Å². The summed E-state index contributed by atoms with van der Waals surface area (Å²) in [6.07, 6.45) is -0.276. The normalized spacial score (nSPS) is 12.0. The molecule has 7 heteroatoms. The summed E-state index contributed by atoms with van der Waals surface area (Å²) in [7, 11) is 0. The molecule has 0 fully saturated rings. The van der Waals surface area contributed by atoms with Crippen molar-refractivity contribution in [1.82, 2.24) is 14.8 Å². The van der Waals surface area contributed by atoms with Crippen molar-refractivity contribution in [3.05, 3.63) is 71.8 Å². The molecule has 0 aliphatic heterocycles. The van der Waals surface area contributed by atoms with E-state index in [1.54, 1.807) is 0 Å². The molecule has 27 heavy (non-hydrogen) atoms. The number of benzene rings is 2. The molecule has 0 radical (unpaired) electrons. The fourth-order valence-electron chi connectivity index (χ4n) is 2.61. The summed E-state index contributed by atoms with van der Waals surface area (Å²) in [4.78, 5) is 12.3. The zero-order valence-electron chi connectivity index (χ0n) is 15.1. The third-order valence-electron chi connectivity index (χ3n) is 3.98. The van der Waals surface area contributed by atoms with Crippen molar-refractivity contribution in [2.45, 2.75) is 31.7 Å². The van der Waals surface area contributed by atoms with Crippen molar-refractivity contribution in [3.63, 3.8) is 0 Å². The van der Waals surface area contributed by atoms with Crippen molar-refractivity contribution in [3.8, 4) is 5.75 Å². The Balaban J connectivity index is 1.68. The molecule has 1 atom stereocenters. The Kier molecular flexibility index (Phi) is 6.24. The van der Waals surface area contributed by atoms with Crippen LogP contribution in [0.2, 0.25) is 0 Å². The zero-order valence-corrected chi connectivity index (χ0v) is 15.9. The van der Waals surface area contributed by atoms with Crippen LogP contribution in [0.5, 0.6) is 5.75 Å². The van der Waals surface area contributed by atoms with E-state index in [1.807, 2.05) is 48.7 Å². The summed E-state index contributed by atoms with van der Waals surface area (Å²) >= 11 is 1.31. The van der Waals surface area contributed by atoms with Crippen LogP contribution < -0.4 is 4.74 Å². The van der Waals surface area contributed by atoms with Crippen LogP contribution in [0.15, 0.2) is 59.8 Å². The zero-order chi connectivity index (χ0) is 19.2. The highest BCUT2D eigenvalue weighted by molar-refractivity contribution is 7.99. The maximum atomic E-state index is 13.0. The molecule has 0 N–H and O–H groups in total. The van der Waals surface area contributed by atoms with Gasteiger partial charge in [-0.15, -0.1) is 10.2 Å². The van der Waals surface area contributed by atoms with Gasteiger partial charge in [0.1, 0.15) is 11.6 Å². The predicted octanol–water partition coefficient (Wildman–Crippen LogP) is 4.55. The van der Waals surface area contributed by atoms with Crippen molar-refractivity contribution < 1.29 is 13.9 Å². The summed E-state index contributed by atoms with van der Waals surface area (Å²) in [5.41, 5.74) is 0.479. The summed E-state index contributed by atoms with van der Waals surface area (Å²) in [6.45, 7) is 4.58. The Labute approximate surface area is 161 Å². The Bertz CT molecular complexity index is 897. The fourth-order valence-corrected chi connectivity index (χ4v) is 3.51. The van der Waals surface area contributed by atoms with Gasteiger partial charge in [0, 0.05) is 12.1 Å². The van der Waals surface area contributed by atoms with Gasteiger partial charge in [-0.05, 0) is 50.2 Å². The summed E-state index contributed by atoms with van der Waals surface area (Å²) < 4.78 is 20.9. The van der Waals surface area contributed by atoms with Crippen molar-refractivity contribution in [2.24, 2.45) is 0 Å². The van der Waals surface area contributed by atoms with E-state index in [1.165, 1.54) is 36.0 Å². The van der Waals surface area contributed by atoms with Gasteiger partial charge in [-0.25, -0.2) is 4.39 Å². The maximum Gasteiger partial charge on any atom is 0.191 e. The highest BCUT2D eigenvalue weighted by Crippen LogP contribution is 2.25. The van der Waals surface area contributed by atoms with E-state index in [4.69, 9.17) is 4.74 Å². The van der Waals surface area contributed by atoms with Gasteiger partial charge >= 0.3 is 0 Å². The number of thioether (sulfide) groups is 1. The van der Waals surface area contributed by atoms with Crippen molar-refractivity contribution in [1.29, 1.82) is 0 Å². The number of hydrogen-bond acceptors (Lipinski definition) is 5. The van der Waals surface area contributed by atoms with Gasteiger partial charge in [0.2, 0.25) is 0 Å². The van der Waals surface area contributed by atoms with E-state index in [0.717, 1.165) is 5.75 Å². The number of aromatic nitrogens is 3. The number of para-hydroxylation sites is 1. The Morgan fingerprint density at radius 1 is 1.15 bits per heavy atom. The molecule has 1 heterocycles. The smallest absolute Gasteiger partial charge is 0.191 e. The molecule has 0 bridgehead atoms. The van der Waals surface area contributed by atoms with E-state index >= 15 is 0 Å². The maximum absolute atomic E-state index is 13.0. The summed E-state index contributed by atoms with van der Waals surface area (Å²) in [6, 6.07) is 15.1. The second kappa shape index (κ2) is 8.81. The fraction of sp³-hybridized carbons (Fsp3) is 0.250. The number of hydrogen-bond donors (Lipinski definition) is 0. The lowest BCUT2D eigenvalue weighted by atomic mass is 10.1. The first-order valence-electron chi connectivity index (χ1n) is 8.65. The van der Waals surface area contributed by atoms with Gasteiger partial charge in [-0.2, -0.15) is 0 Å². The standard InChI is InChI=1S/C20H20FN3O2S/c1-3-24-19(14(2)26-17-7-5-4-6-8-17)22-23-20(24)27-13-18(25)15-9-11-16(21)12-10-15/h4-12,14H,3,13H2,1-2H3. The van der Waals surface area contributed by atoms with Crippen molar-refractivity contribution >= 4 is 17.5 Å². The molecule has 1 unspecified atom stereocenters. The van der Waals surface area contributed by atoms with E-state index in [-0.39, 0.29) is 23.5 Å². The number of carbonyl (C=O) groups is 1. The molecule has 0 spiro atoms.